The van der Waals surface area contributed by atoms with Crippen molar-refractivity contribution >= 4 is 5.91 Å². The number of ether oxygens (including phenoxy) is 1. The minimum absolute atomic E-state index is 0.0401. The van der Waals surface area contributed by atoms with E-state index in [1.807, 2.05) is 26.0 Å². The molecule has 0 radical (unpaired) electrons. The molecule has 3 rings (SSSR count). The van der Waals surface area contributed by atoms with Gasteiger partial charge in [-0.1, -0.05) is 32.0 Å². The summed E-state index contributed by atoms with van der Waals surface area (Å²) in [5, 5.41) is 17.2. The third kappa shape index (κ3) is 4.20. The zero-order valence-electron chi connectivity index (χ0n) is 14.7. The van der Waals surface area contributed by atoms with Crippen molar-refractivity contribution in [2.45, 2.75) is 45.3 Å². The molecule has 134 valence electrons. The Morgan fingerprint density at radius 1 is 1.44 bits per heavy atom. The SMILES string of the molecule is CC(C)c1cc(C(=O)N(Cc2ccccc2O)C[C@H]2CCCO2)n[nH]1. The number of benzene rings is 1. The molecule has 0 saturated carbocycles. The molecular weight excluding hydrogens is 318 g/mol. The third-order valence-electron chi connectivity index (χ3n) is 4.53. The summed E-state index contributed by atoms with van der Waals surface area (Å²) in [6.07, 6.45) is 2.00. The van der Waals surface area contributed by atoms with Crippen molar-refractivity contribution in [2.24, 2.45) is 0 Å². The van der Waals surface area contributed by atoms with Gasteiger partial charge in [-0.15, -0.1) is 0 Å². The number of aromatic hydroxyl groups is 1. The van der Waals surface area contributed by atoms with Gasteiger partial charge in [0.2, 0.25) is 0 Å². The molecule has 0 aliphatic carbocycles. The lowest BCUT2D eigenvalue weighted by atomic mass is 10.1. The number of aromatic nitrogens is 2. The molecule has 1 saturated heterocycles. The first-order valence-corrected chi connectivity index (χ1v) is 8.77. The van der Waals surface area contributed by atoms with Gasteiger partial charge in [-0.25, -0.2) is 0 Å². The summed E-state index contributed by atoms with van der Waals surface area (Å²) in [4.78, 5) is 14.7. The summed E-state index contributed by atoms with van der Waals surface area (Å²) in [6, 6.07) is 8.90. The Balaban J connectivity index is 1.81. The molecule has 0 bridgehead atoms. The number of phenolic OH excluding ortho intramolecular Hbond substituents is 1. The van der Waals surface area contributed by atoms with Gasteiger partial charge in [0.25, 0.3) is 5.91 Å². The number of hydrogen-bond acceptors (Lipinski definition) is 4. The lowest BCUT2D eigenvalue weighted by Crippen LogP contribution is -2.37. The van der Waals surface area contributed by atoms with Crippen LogP contribution in [0.2, 0.25) is 0 Å². The molecule has 2 N–H and O–H groups in total. The van der Waals surface area contributed by atoms with Crippen LogP contribution < -0.4 is 0 Å². The molecule has 6 heteroatoms. The van der Waals surface area contributed by atoms with Gasteiger partial charge in [0.1, 0.15) is 11.4 Å². The van der Waals surface area contributed by atoms with Crippen molar-refractivity contribution < 1.29 is 14.6 Å². The smallest absolute Gasteiger partial charge is 0.274 e. The Morgan fingerprint density at radius 2 is 2.24 bits per heavy atom. The van der Waals surface area contributed by atoms with Crippen molar-refractivity contribution in [3.8, 4) is 5.75 Å². The Morgan fingerprint density at radius 3 is 2.88 bits per heavy atom. The summed E-state index contributed by atoms with van der Waals surface area (Å²) >= 11 is 0. The predicted octanol–water partition coefficient (Wildman–Crippen LogP) is 3.06. The van der Waals surface area contributed by atoms with Gasteiger partial charge < -0.3 is 14.7 Å². The lowest BCUT2D eigenvalue weighted by molar-refractivity contribution is 0.0501. The maximum Gasteiger partial charge on any atom is 0.274 e. The highest BCUT2D eigenvalue weighted by Crippen LogP contribution is 2.22. The van der Waals surface area contributed by atoms with Crippen molar-refractivity contribution in [3.05, 3.63) is 47.3 Å². The highest BCUT2D eigenvalue weighted by molar-refractivity contribution is 5.92. The highest BCUT2D eigenvalue weighted by atomic mass is 16.5. The van der Waals surface area contributed by atoms with Gasteiger partial charge in [0.05, 0.1) is 6.10 Å². The van der Waals surface area contributed by atoms with Gasteiger partial charge in [0, 0.05) is 31.0 Å². The molecule has 6 nitrogen and oxygen atoms in total. The predicted molar refractivity (Wildman–Crippen MR) is 94.5 cm³/mol. The number of hydrogen-bond donors (Lipinski definition) is 2. The van der Waals surface area contributed by atoms with Crippen LogP contribution in [-0.2, 0) is 11.3 Å². The second kappa shape index (κ2) is 7.70. The fourth-order valence-corrected chi connectivity index (χ4v) is 3.01. The molecule has 25 heavy (non-hydrogen) atoms. The number of carbonyl (C=O) groups is 1. The van der Waals surface area contributed by atoms with E-state index in [4.69, 9.17) is 4.74 Å². The van der Waals surface area contributed by atoms with Crippen LogP contribution in [0, 0.1) is 0 Å². The first kappa shape index (κ1) is 17.5. The van der Waals surface area contributed by atoms with E-state index in [-0.39, 0.29) is 23.7 Å². The van der Waals surface area contributed by atoms with Gasteiger partial charge in [-0.05, 0) is 30.9 Å². The monoisotopic (exact) mass is 343 g/mol. The molecule has 1 aliphatic rings. The number of amides is 1. The van der Waals surface area contributed by atoms with E-state index in [0.717, 1.165) is 25.1 Å². The van der Waals surface area contributed by atoms with Crippen LogP contribution in [0.25, 0.3) is 0 Å². The Labute approximate surface area is 147 Å². The van der Waals surface area contributed by atoms with Crippen LogP contribution in [-0.4, -0.2) is 45.4 Å². The van der Waals surface area contributed by atoms with Crippen molar-refractivity contribution in [2.75, 3.05) is 13.2 Å². The summed E-state index contributed by atoms with van der Waals surface area (Å²) in [5.41, 5.74) is 2.05. The van der Waals surface area contributed by atoms with Crippen molar-refractivity contribution in [1.82, 2.24) is 15.1 Å². The average molecular weight is 343 g/mol. The first-order chi connectivity index (χ1) is 12.0. The second-order valence-corrected chi connectivity index (χ2v) is 6.81. The van der Waals surface area contributed by atoms with E-state index in [0.29, 0.717) is 24.3 Å². The van der Waals surface area contributed by atoms with Crippen LogP contribution in [0.5, 0.6) is 5.75 Å². The lowest BCUT2D eigenvalue weighted by Gasteiger charge is -2.25. The van der Waals surface area contributed by atoms with Crippen LogP contribution in [0.4, 0.5) is 0 Å². The average Bonchev–Trinajstić information content (AvgIpc) is 3.27. The fraction of sp³-hybridized carbons (Fsp3) is 0.474. The summed E-state index contributed by atoms with van der Waals surface area (Å²) in [7, 11) is 0. The van der Waals surface area contributed by atoms with Gasteiger partial charge in [-0.2, -0.15) is 5.10 Å². The zero-order chi connectivity index (χ0) is 17.8. The summed E-state index contributed by atoms with van der Waals surface area (Å²) < 4.78 is 5.70. The molecule has 1 aliphatic heterocycles. The van der Waals surface area contributed by atoms with Gasteiger partial charge in [0.15, 0.2) is 0 Å². The van der Waals surface area contributed by atoms with Crippen LogP contribution in [0.3, 0.4) is 0 Å². The molecule has 1 fully saturated rings. The van der Waals surface area contributed by atoms with Crippen LogP contribution >= 0.6 is 0 Å². The fourth-order valence-electron chi connectivity index (χ4n) is 3.01. The molecule has 1 aromatic carbocycles. The molecule has 1 atom stereocenters. The Bertz CT molecular complexity index is 720. The topological polar surface area (TPSA) is 78.5 Å². The van der Waals surface area contributed by atoms with Crippen LogP contribution in [0.15, 0.2) is 30.3 Å². The van der Waals surface area contributed by atoms with E-state index in [9.17, 15) is 9.90 Å². The number of aromatic amines is 1. The number of nitrogens with zero attached hydrogens (tertiary/aromatic N) is 2. The van der Waals surface area contributed by atoms with E-state index in [1.54, 1.807) is 23.1 Å². The number of para-hydroxylation sites is 1. The molecule has 2 heterocycles. The number of carbonyl (C=O) groups excluding carboxylic acids is 1. The quantitative estimate of drug-likeness (QED) is 0.845. The highest BCUT2D eigenvalue weighted by Gasteiger charge is 2.26. The largest absolute Gasteiger partial charge is 0.508 e. The number of nitrogens with one attached hydrogen (secondary N) is 1. The van der Waals surface area contributed by atoms with Gasteiger partial charge >= 0.3 is 0 Å². The normalized spacial score (nSPS) is 17.2. The van der Waals surface area contributed by atoms with Crippen molar-refractivity contribution in [1.29, 1.82) is 0 Å². The van der Waals surface area contributed by atoms with Crippen molar-refractivity contribution in [3.63, 3.8) is 0 Å². The van der Waals surface area contributed by atoms with Crippen LogP contribution in [0.1, 0.15) is 54.4 Å². The molecular formula is C19H25N3O3. The summed E-state index contributed by atoms with van der Waals surface area (Å²) in [6.45, 7) is 5.66. The standard InChI is InChI=1S/C19H25N3O3/c1-13(2)16-10-17(21-20-16)19(24)22(12-15-7-5-9-25-15)11-14-6-3-4-8-18(14)23/h3-4,6,8,10,13,15,23H,5,7,9,11-12H2,1-2H3,(H,20,21)/t15-/m1/s1. The molecule has 1 amide bonds. The number of phenols is 1. The van der Waals surface area contributed by atoms with E-state index >= 15 is 0 Å². The van der Waals surface area contributed by atoms with E-state index in [1.165, 1.54) is 0 Å². The Hall–Kier alpha value is -2.34. The molecule has 1 aromatic heterocycles. The number of H-pyrrole nitrogens is 1. The zero-order valence-corrected chi connectivity index (χ0v) is 14.7. The van der Waals surface area contributed by atoms with E-state index < -0.39 is 0 Å². The number of rotatable bonds is 6. The van der Waals surface area contributed by atoms with E-state index in [2.05, 4.69) is 10.2 Å². The second-order valence-electron chi connectivity index (χ2n) is 6.81. The molecule has 2 aromatic rings. The minimum Gasteiger partial charge on any atom is -0.508 e. The first-order valence-electron chi connectivity index (χ1n) is 8.77. The third-order valence-corrected chi connectivity index (χ3v) is 4.53. The maximum absolute atomic E-state index is 13.0. The van der Waals surface area contributed by atoms with Gasteiger partial charge in [-0.3, -0.25) is 9.89 Å². The minimum atomic E-state index is -0.151. The maximum atomic E-state index is 13.0. The molecule has 0 spiro atoms. The molecule has 0 unspecified atom stereocenters. The summed E-state index contributed by atoms with van der Waals surface area (Å²) in [5.74, 6) is 0.318. The Kier molecular flexibility index (Phi) is 5.38.